The molecular formula is C19H26N3O4P. The second-order valence-corrected chi connectivity index (χ2v) is 9.75. The summed E-state index contributed by atoms with van der Waals surface area (Å²) < 4.78 is 26.6. The number of hydrogen-bond acceptors (Lipinski definition) is 6. The maximum atomic E-state index is 13.7. The normalized spacial score (nSPS) is 24.1. The van der Waals surface area contributed by atoms with E-state index in [1.165, 1.54) is 7.11 Å². The minimum atomic E-state index is -3.05. The summed E-state index contributed by atoms with van der Waals surface area (Å²) in [7, 11) is 0.316. The van der Waals surface area contributed by atoms with Crippen LogP contribution in [0.5, 0.6) is 11.5 Å². The van der Waals surface area contributed by atoms with Gasteiger partial charge in [0.2, 0.25) is 0 Å². The maximum absolute atomic E-state index is 13.7. The standard InChI is InChI=1S/C19H26N3O4P/c1-13-10-20-11-16(21-13)9-17(27(24)22(3)14(2)12-26-27)7-15-5-6-18(23)19(8-15)25-4/h5-6,8,10-11,14,17,23H,7,9,12H2,1-4H3/t14-,17?,27?/m0/s1. The van der Waals surface area contributed by atoms with Crippen molar-refractivity contribution in [3.05, 3.63) is 47.5 Å². The Balaban J connectivity index is 1.93. The number of benzene rings is 1. The number of rotatable bonds is 6. The average molecular weight is 391 g/mol. The van der Waals surface area contributed by atoms with E-state index in [2.05, 4.69) is 9.97 Å². The Labute approximate surface area is 159 Å². The minimum Gasteiger partial charge on any atom is -0.504 e. The van der Waals surface area contributed by atoms with Crippen molar-refractivity contribution >= 4 is 7.52 Å². The maximum Gasteiger partial charge on any atom is 0.276 e. The molecule has 1 N–H and O–H groups in total. The molecule has 1 aromatic carbocycles. The van der Waals surface area contributed by atoms with Gasteiger partial charge in [-0.15, -0.1) is 0 Å². The predicted molar refractivity (Wildman–Crippen MR) is 103 cm³/mol. The van der Waals surface area contributed by atoms with Gasteiger partial charge in [-0.2, -0.15) is 0 Å². The largest absolute Gasteiger partial charge is 0.504 e. The number of nitrogens with zero attached hydrogens (tertiary/aromatic N) is 3. The Hall–Kier alpha value is -1.95. The lowest BCUT2D eigenvalue weighted by Gasteiger charge is -2.29. The fraction of sp³-hybridized carbons (Fsp3) is 0.474. The van der Waals surface area contributed by atoms with Gasteiger partial charge < -0.3 is 14.4 Å². The molecule has 27 heavy (non-hydrogen) atoms. The van der Waals surface area contributed by atoms with Gasteiger partial charge in [0.15, 0.2) is 11.5 Å². The van der Waals surface area contributed by atoms with Gasteiger partial charge in [-0.05, 0) is 45.0 Å². The molecule has 1 aliphatic rings. The number of ether oxygens (including phenoxy) is 1. The molecule has 0 aliphatic carbocycles. The highest BCUT2D eigenvalue weighted by Crippen LogP contribution is 2.60. The molecule has 1 saturated heterocycles. The molecule has 8 heteroatoms. The lowest BCUT2D eigenvalue weighted by atomic mass is 10.1. The zero-order valence-corrected chi connectivity index (χ0v) is 17.0. The Bertz CT molecular complexity index is 861. The number of aromatic nitrogens is 2. The summed E-state index contributed by atoms with van der Waals surface area (Å²) >= 11 is 0. The molecule has 1 aliphatic heterocycles. The molecule has 0 amide bonds. The van der Waals surface area contributed by atoms with Crippen LogP contribution >= 0.6 is 7.52 Å². The number of methoxy groups -OCH3 is 1. The molecule has 3 rings (SSSR count). The molecule has 1 fully saturated rings. The summed E-state index contributed by atoms with van der Waals surface area (Å²) in [6.07, 6.45) is 4.42. The highest BCUT2D eigenvalue weighted by atomic mass is 31.2. The van der Waals surface area contributed by atoms with E-state index in [-0.39, 0.29) is 17.5 Å². The van der Waals surface area contributed by atoms with E-state index in [9.17, 15) is 9.67 Å². The smallest absolute Gasteiger partial charge is 0.276 e. The summed E-state index contributed by atoms with van der Waals surface area (Å²) in [6.45, 7) is 4.34. The summed E-state index contributed by atoms with van der Waals surface area (Å²) in [6, 6.07) is 5.28. The van der Waals surface area contributed by atoms with Crippen LogP contribution in [-0.2, 0) is 21.9 Å². The Morgan fingerprint density at radius 2 is 2.19 bits per heavy atom. The van der Waals surface area contributed by atoms with Crippen molar-refractivity contribution in [2.75, 3.05) is 20.8 Å². The SMILES string of the molecule is COc1cc(CC(Cc2cncc(C)n2)P2(=O)OC[C@H](C)N2C)ccc1O. The summed E-state index contributed by atoms with van der Waals surface area (Å²) in [4.78, 5) is 8.73. The van der Waals surface area contributed by atoms with Gasteiger partial charge in [-0.1, -0.05) is 6.07 Å². The summed E-state index contributed by atoms with van der Waals surface area (Å²) in [5.41, 5.74) is 2.25. The number of phenols is 1. The first-order chi connectivity index (χ1) is 12.8. The van der Waals surface area contributed by atoms with Crippen molar-refractivity contribution < 1.29 is 18.9 Å². The highest BCUT2D eigenvalue weighted by molar-refractivity contribution is 7.57. The third-order valence-corrected chi connectivity index (χ3v) is 8.09. The molecule has 0 radical (unpaired) electrons. The third-order valence-electron chi connectivity index (χ3n) is 5.00. The van der Waals surface area contributed by atoms with E-state index in [4.69, 9.17) is 9.26 Å². The van der Waals surface area contributed by atoms with Gasteiger partial charge in [0.05, 0.1) is 30.8 Å². The molecular weight excluding hydrogens is 365 g/mol. The van der Waals surface area contributed by atoms with Gasteiger partial charge >= 0.3 is 0 Å². The van der Waals surface area contributed by atoms with Crippen LogP contribution in [0.4, 0.5) is 0 Å². The molecule has 0 bridgehead atoms. The zero-order chi connectivity index (χ0) is 19.6. The summed E-state index contributed by atoms with van der Waals surface area (Å²) in [5.74, 6) is 0.478. The van der Waals surface area contributed by atoms with Crippen molar-refractivity contribution in [2.24, 2.45) is 0 Å². The van der Waals surface area contributed by atoms with Gasteiger partial charge in [0.25, 0.3) is 7.52 Å². The monoisotopic (exact) mass is 391 g/mol. The summed E-state index contributed by atoms with van der Waals surface area (Å²) in [5, 5.41) is 9.84. The van der Waals surface area contributed by atoms with Gasteiger partial charge in [-0.25, -0.2) is 4.67 Å². The van der Waals surface area contributed by atoms with E-state index in [0.717, 1.165) is 17.0 Å². The first kappa shape index (κ1) is 19.8. The van der Waals surface area contributed by atoms with Crippen LogP contribution < -0.4 is 4.74 Å². The van der Waals surface area contributed by atoms with Gasteiger partial charge in [-0.3, -0.25) is 14.5 Å². The van der Waals surface area contributed by atoms with E-state index in [1.807, 2.05) is 31.6 Å². The molecule has 0 saturated carbocycles. The molecule has 2 unspecified atom stereocenters. The average Bonchev–Trinajstić information content (AvgIpc) is 2.91. The lowest BCUT2D eigenvalue weighted by Crippen LogP contribution is -2.27. The molecule has 7 nitrogen and oxygen atoms in total. The predicted octanol–water partition coefficient (Wildman–Crippen LogP) is 3.20. The molecule has 2 heterocycles. The molecule has 2 aromatic rings. The fourth-order valence-corrected chi connectivity index (χ4v) is 6.14. The number of aromatic hydroxyl groups is 1. The number of hydrogen-bond donors (Lipinski definition) is 1. The zero-order valence-electron chi connectivity index (χ0n) is 16.1. The van der Waals surface area contributed by atoms with E-state index < -0.39 is 7.52 Å². The topological polar surface area (TPSA) is 84.8 Å². The van der Waals surface area contributed by atoms with Crippen molar-refractivity contribution in [3.8, 4) is 11.5 Å². The first-order valence-electron chi connectivity index (χ1n) is 8.94. The molecule has 3 atom stereocenters. The van der Waals surface area contributed by atoms with Crippen molar-refractivity contribution in [1.29, 1.82) is 0 Å². The lowest BCUT2D eigenvalue weighted by molar-refractivity contribution is 0.328. The van der Waals surface area contributed by atoms with E-state index in [1.54, 1.807) is 24.5 Å². The van der Waals surface area contributed by atoms with Crippen LogP contribution in [0, 0.1) is 6.92 Å². The van der Waals surface area contributed by atoms with Gasteiger partial charge in [0, 0.05) is 24.9 Å². The molecule has 146 valence electrons. The van der Waals surface area contributed by atoms with E-state index in [0.29, 0.717) is 25.2 Å². The highest BCUT2D eigenvalue weighted by Gasteiger charge is 2.45. The van der Waals surface area contributed by atoms with Crippen LogP contribution in [-0.4, -0.2) is 52.2 Å². The Morgan fingerprint density at radius 3 is 2.81 bits per heavy atom. The van der Waals surface area contributed by atoms with Crippen LogP contribution in [0.3, 0.4) is 0 Å². The quantitative estimate of drug-likeness (QED) is 0.757. The molecule has 1 aromatic heterocycles. The minimum absolute atomic E-state index is 0.0804. The second-order valence-electron chi connectivity index (χ2n) is 7.00. The first-order valence-corrected chi connectivity index (χ1v) is 10.6. The second kappa shape index (κ2) is 7.97. The molecule has 0 spiro atoms. The Kier molecular flexibility index (Phi) is 5.84. The van der Waals surface area contributed by atoms with Crippen LogP contribution in [0.15, 0.2) is 30.6 Å². The van der Waals surface area contributed by atoms with Crippen molar-refractivity contribution in [2.45, 2.75) is 38.4 Å². The van der Waals surface area contributed by atoms with Crippen molar-refractivity contribution in [3.63, 3.8) is 0 Å². The fourth-order valence-electron chi connectivity index (χ4n) is 3.33. The Morgan fingerprint density at radius 1 is 1.41 bits per heavy atom. The van der Waals surface area contributed by atoms with Crippen LogP contribution in [0.2, 0.25) is 0 Å². The van der Waals surface area contributed by atoms with Crippen LogP contribution in [0.25, 0.3) is 0 Å². The van der Waals surface area contributed by atoms with Gasteiger partial charge in [0.1, 0.15) is 0 Å². The number of phenolic OH excluding ortho intramolecular Hbond substituents is 1. The third kappa shape index (κ3) is 4.15. The number of aryl methyl sites for hydroxylation is 1. The van der Waals surface area contributed by atoms with Crippen LogP contribution in [0.1, 0.15) is 23.9 Å². The number of likely N-dealkylation sites (N-methyl/N-ethyl adjacent to an activating group) is 1. The van der Waals surface area contributed by atoms with E-state index >= 15 is 0 Å². The van der Waals surface area contributed by atoms with Crippen molar-refractivity contribution in [1.82, 2.24) is 14.6 Å².